The van der Waals surface area contributed by atoms with Crippen molar-refractivity contribution >= 4 is 5.91 Å². The van der Waals surface area contributed by atoms with Crippen molar-refractivity contribution in [3.05, 3.63) is 34.6 Å². The number of likely N-dealkylation sites (N-methyl/N-ethyl adjacent to an activating group) is 1. The summed E-state index contributed by atoms with van der Waals surface area (Å²) in [5.74, 6) is -12.5. The third-order valence-corrected chi connectivity index (χ3v) is 2.31. The Kier molecular flexibility index (Phi) is 4.46. The van der Waals surface area contributed by atoms with E-state index in [4.69, 9.17) is 5.11 Å². The number of hydrogen-bond acceptors (Lipinski definition) is 2. The third kappa shape index (κ3) is 2.83. The van der Waals surface area contributed by atoms with Gasteiger partial charge in [0.05, 0.1) is 6.10 Å². The van der Waals surface area contributed by atoms with Gasteiger partial charge >= 0.3 is 0 Å². The van der Waals surface area contributed by atoms with Gasteiger partial charge in [0, 0.05) is 13.6 Å². The summed E-state index contributed by atoms with van der Waals surface area (Å²) >= 11 is 0. The number of aliphatic hydroxyl groups excluding tert-OH is 1. The summed E-state index contributed by atoms with van der Waals surface area (Å²) in [5.41, 5.74) is -1.54. The fourth-order valence-corrected chi connectivity index (χ4v) is 1.46. The van der Waals surface area contributed by atoms with Crippen LogP contribution < -0.4 is 0 Å². The lowest BCUT2D eigenvalue weighted by molar-refractivity contribution is 0.0691. The molecular weight excluding hydrogens is 273 g/mol. The molecule has 19 heavy (non-hydrogen) atoms. The maximum atomic E-state index is 13.3. The molecule has 3 nitrogen and oxygen atoms in total. The second-order valence-corrected chi connectivity index (χ2v) is 3.98. The van der Waals surface area contributed by atoms with Crippen LogP contribution in [-0.2, 0) is 0 Å². The highest BCUT2D eigenvalue weighted by Crippen LogP contribution is 2.23. The summed E-state index contributed by atoms with van der Waals surface area (Å²) in [5, 5.41) is 9.02. The summed E-state index contributed by atoms with van der Waals surface area (Å²) in [4.78, 5) is 12.3. The van der Waals surface area contributed by atoms with Crippen molar-refractivity contribution in [1.29, 1.82) is 0 Å². The van der Waals surface area contributed by atoms with Crippen molar-refractivity contribution in [2.24, 2.45) is 0 Å². The highest BCUT2D eigenvalue weighted by molar-refractivity contribution is 5.94. The van der Waals surface area contributed by atoms with E-state index in [2.05, 4.69) is 0 Å². The molecular formula is C11H10F5NO2. The lowest BCUT2D eigenvalue weighted by Crippen LogP contribution is -2.34. The zero-order chi connectivity index (χ0) is 14.9. The SMILES string of the molecule is CC(O)CN(C)C(=O)c1c(F)c(F)c(F)c(F)c1F. The minimum atomic E-state index is -2.33. The van der Waals surface area contributed by atoms with Gasteiger partial charge in [-0.15, -0.1) is 0 Å². The first-order valence-electron chi connectivity index (χ1n) is 5.13. The van der Waals surface area contributed by atoms with E-state index < -0.39 is 46.7 Å². The van der Waals surface area contributed by atoms with E-state index in [9.17, 15) is 26.7 Å². The maximum Gasteiger partial charge on any atom is 0.259 e. The zero-order valence-electron chi connectivity index (χ0n) is 9.98. The molecule has 1 rings (SSSR count). The lowest BCUT2D eigenvalue weighted by atomic mass is 10.1. The van der Waals surface area contributed by atoms with Gasteiger partial charge in [-0.05, 0) is 6.92 Å². The minimum absolute atomic E-state index is 0.321. The van der Waals surface area contributed by atoms with Gasteiger partial charge in [-0.2, -0.15) is 0 Å². The molecule has 0 spiro atoms. The van der Waals surface area contributed by atoms with Gasteiger partial charge in [-0.25, -0.2) is 22.0 Å². The van der Waals surface area contributed by atoms with E-state index in [-0.39, 0.29) is 6.54 Å². The van der Waals surface area contributed by atoms with E-state index in [0.29, 0.717) is 4.90 Å². The Labute approximate surface area is 105 Å². The Bertz CT molecular complexity index is 489. The predicted octanol–water partition coefficient (Wildman–Crippen LogP) is 1.83. The molecule has 1 atom stereocenters. The van der Waals surface area contributed by atoms with Gasteiger partial charge in [0.25, 0.3) is 5.91 Å². The molecule has 0 bridgehead atoms. The number of hydrogen-bond donors (Lipinski definition) is 1. The van der Waals surface area contributed by atoms with E-state index in [1.165, 1.54) is 6.92 Å². The molecule has 1 aromatic carbocycles. The Morgan fingerprint density at radius 2 is 1.42 bits per heavy atom. The fraction of sp³-hybridized carbons (Fsp3) is 0.364. The molecule has 0 saturated heterocycles. The van der Waals surface area contributed by atoms with Gasteiger partial charge in [-0.1, -0.05) is 0 Å². The van der Waals surface area contributed by atoms with Crippen LogP contribution in [0.4, 0.5) is 22.0 Å². The Morgan fingerprint density at radius 1 is 1.05 bits per heavy atom. The molecule has 0 saturated carbocycles. The fourth-order valence-electron chi connectivity index (χ4n) is 1.46. The molecule has 0 aromatic heterocycles. The first-order chi connectivity index (χ1) is 8.68. The van der Waals surface area contributed by atoms with Crippen molar-refractivity contribution in [2.45, 2.75) is 13.0 Å². The number of amides is 1. The lowest BCUT2D eigenvalue weighted by Gasteiger charge is -2.19. The van der Waals surface area contributed by atoms with Crippen LogP contribution in [0.2, 0.25) is 0 Å². The first kappa shape index (κ1) is 15.4. The van der Waals surface area contributed by atoms with Crippen molar-refractivity contribution in [3.8, 4) is 0 Å². The molecule has 8 heteroatoms. The van der Waals surface area contributed by atoms with Gasteiger partial charge in [0.2, 0.25) is 5.82 Å². The molecule has 0 aliphatic carbocycles. The minimum Gasteiger partial charge on any atom is -0.392 e. The van der Waals surface area contributed by atoms with Crippen LogP contribution in [0.1, 0.15) is 17.3 Å². The molecule has 0 fully saturated rings. The molecule has 1 aromatic rings. The highest BCUT2D eigenvalue weighted by Gasteiger charge is 2.31. The van der Waals surface area contributed by atoms with Crippen LogP contribution >= 0.6 is 0 Å². The Hall–Kier alpha value is -1.70. The largest absolute Gasteiger partial charge is 0.392 e. The number of carbonyl (C=O) groups is 1. The summed E-state index contributed by atoms with van der Waals surface area (Å²) in [6.07, 6.45) is -1.02. The van der Waals surface area contributed by atoms with Crippen LogP contribution in [0.5, 0.6) is 0 Å². The highest BCUT2D eigenvalue weighted by atomic mass is 19.2. The van der Waals surface area contributed by atoms with Gasteiger partial charge in [0.1, 0.15) is 5.56 Å². The van der Waals surface area contributed by atoms with Crippen molar-refractivity contribution < 1.29 is 31.9 Å². The van der Waals surface area contributed by atoms with Crippen LogP contribution in [-0.4, -0.2) is 35.6 Å². The molecule has 1 unspecified atom stereocenters. The van der Waals surface area contributed by atoms with E-state index in [0.717, 1.165) is 7.05 Å². The quantitative estimate of drug-likeness (QED) is 0.522. The van der Waals surface area contributed by atoms with Gasteiger partial charge < -0.3 is 10.0 Å². The number of carbonyl (C=O) groups excluding carboxylic acids is 1. The second-order valence-electron chi connectivity index (χ2n) is 3.98. The topological polar surface area (TPSA) is 40.5 Å². The first-order valence-corrected chi connectivity index (χ1v) is 5.13. The Balaban J connectivity index is 3.32. The average Bonchev–Trinajstić information content (AvgIpc) is 2.33. The number of halogens is 5. The Morgan fingerprint density at radius 3 is 1.79 bits per heavy atom. The standard InChI is InChI=1S/C11H10F5NO2/c1-4(18)3-17(2)11(19)5-6(12)8(14)10(16)9(15)7(5)13/h4,18H,3H2,1-2H3. The van der Waals surface area contributed by atoms with Crippen LogP contribution in [0, 0.1) is 29.1 Å². The van der Waals surface area contributed by atoms with E-state index in [1.807, 2.05) is 0 Å². The molecule has 0 radical (unpaired) electrons. The van der Waals surface area contributed by atoms with E-state index in [1.54, 1.807) is 0 Å². The molecule has 0 aliphatic heterocycles. The van der Waals surface area contributed by atoms with Crippen molar-refractivity contribution in [2.75, 3.05) is 13.6 Å². The van der Waals surface area contributed by atoms with Crippen molar-refractivity contribution in [1.82, 2.24) is 4.90 Å². The van der Waals surface area contributed by atoms with Gasteiger partial charge in [0.15, 0.2) is 23.3 Å². The monoisotopic (exact) mass is 283 g/mol. The molecule has 0 aliphatic rings. The van der Waals surface area contributed by atoms with Crippen LogP contribution in [0.15, 0.2) is 0 Å². The normalized spacial score (nSPS) is 12.4. The summed E-state index contributed by atoms with van der Waals surface area (Å²) in [6.45, 7) is 0.973. The predicted molar refractivity (Wildman–Crippen MR) is 54.9 cm³/mol. The summed E-state index contributed by atoms with van der Waals surface area (Å²) in [7, 11) is 1.06. The number of rotatable bonds is 3. The number of nitrogens with zero attached hydrogens (tertiary/aromatic N) is 1. The summed E-state index contributed by atoms with van der Waals surface area (Å²) < 4.78 is 65.2. The average molecular weight is 283 g/mol. The number of benzene rings is 1. The van der Waals surface area contributed by atoms with Gasteiger partial charge in [-0.3, -0.25) is 4.79 Å². The third-order valence-electron chi connectivity index (χ3n) is 2.31. The van der Waals surface area contributed by atoms with Crippen molar-refractivity contribution in [3.63, 3.8) is 0 Å². The molecule has 1 N–H and O–H groups in total. The number of aliphatic hydroxyl groups is 1. The molecule has 0 heterocycles. The second kappa shape index (κ2) is 5.52. The smallest absolute Gasteiger partial charge is 0.259 e. The van der Waals surface area contributed by atoms with Crippen LogP contribution in [0.3, 0.4) is 0 Å². The van der Waals surface area contributed by atoms with Crippen LogP contribution in [0.25, 0.3) is 0 Å². The zero-order valence-corrected chi connectivity index (χ0v) is 9.98. The maximum absolute atomic E-state index is 13.3. The molecule has 1 amide bonds. The molecule has 106 valence electrons. The van der Waals surface area contributed by atoms with E-state index >= 15 is 0 Å². The summed E-state index contributed by atoms with van der Waals surface area (Å²) in [6, 6.07) is 0.